The highest BCUT2D eigenvalue weighted by Gasteiger charge is 2.38. The molecule has 0 bridgehead atoms. The summed E-state index contributed by atoms with van der Waals surface area (Å²) in [6, 6.07) is 2.45. The average Bonchev–Trinajstić information content (AvgIpc) is 2.75. The van der Waals surface area contributed by atoms with E-state index in [0.29, 0.717) is 30.8 Å². The predicted octanol–water partition coefficient (Wildman–Crippen LogP) is 2.32. The number of fused-ring (bicyclic) bond motifs is 3. The minimum atomic E-state index is -0.783. The summed E-state index contributed by atoms with van der Waals surface area (Å²) in [4.78, 5) is 33.2. The lowest BCUT2D eigenvalue weighted by Gasteiger charge is -2.43. The van der Waals surface area contributed by atoms with Gasteiger partial charge in [-0.25, -0.2) is 0 Å². The number of nitrogens with zero attached hydrogens (tertiary/aromatic N) is 3. The minimum absolute atomic E-state index is 0.0626. The van der Waals surface area contributed by atoms with Gasteiger partial charge in [-0.15, -0.1) is 0 Å². The number of hydrogen-bond donors (Lipinski definition) is 1. The Morgan fingerprint density at radius 2 is 1.77 bits per heavy atom. The number of aryl methyl sites for hydroxylation is 2. The summed E-state index contributed by atoms with van der Waals surface area (Å²) in [5, 5.41) is 8.97. The maximum atomic E-state index is 13.2. The van der Waals surface area contributed by atoms with E-state index in [4.69, 9.17) is 10.1 Å². The zero-order valence-corrected chi connectivity index (χ0v) is 17.8. The van der Waals surface area contributed by atoms with E-state index in [0.717, 1.165) is 51.6 Å². The Labute approximate surface area is 178 Å². The second-order valence-corrected chi connectivity index (χ2v) is 9.85. The summed E-state index contributed by atoms with van der Waals surface area (Å²) < 4.78 is 0. The van der Waals surface area contributed by atoms with E-state index < -0.39 is 5.97 Å². The van der Waals surface area contributed by atoms with Crippen LogP contribution in [0.15, 0.2) is 6.07 Å². The van der Waals surface area contributed by atoms with E-state index in [9.17, 15) is 9.59 Å². The van der Waals surface area contributed by atoms with Crippen LogP contribution in [-0.4, -0.2) is 64.5 Å². The molecule has 2 fully saturated rings. The van der Waals surface area contributed by atoms with Crippen molar-refractivity contribution in [3.63, 3.8) is 0 Å². The summed E-state index contributed by atoms with van der Waals surface area (Å²) in [6.07, 6.45) is 9.71. The number of piperidine rings is 2. The average molecular weight is 412 g/mol. The van der Waals surface area contributed by atoms with Crippen molar-refractivity contribution in [3.05, 3.63) is 28.6 Å². The van der Waals surface area contributed by atoms with Gasteiger partial charge in [0.2, 0.25) is 5.91 Å². The number of carboxylic acids is 1. The molecule has 1 N–H and O–H groups in total. The molecule has 1 aromatic rings. The first-order valence-corrected chi connectivity index (χ1v) is 11.8. The fraction of sp³-hybridized carbons (Fsp3) is 0.708. The Balaban J connectivity index is 1.21. The summed E-state index contributed by atoms with van der Waals surface area (Å²) in [5.41, 5.74) is 5.59. The molecule has 6 heteroatoms. The van der Waals surface area contributed by atoms with Crippen LogP contribution in [0.2, 0.25) is 0 Å². The first-order chi connectivity index (χ1) is 14.6. The van der Waals surface area contributed by atoms with Crippen molar-refractivity contribution in [1.82, 2.24) is 14.8 Å². The number of hydrogen-bond acceptors (Lipinski definition) is 4. The Morgan fingerprint density at radius 3 is 2.57 bits per heavy atom. The third-order valence-electron chi connectivity index (χ3n) is 7.91. The molecule has 3 heterocycles. The summed E-state index contributed by atoms with van der Waals surface area (Å²) in [7, 11) is 0. The largest absolute Gasteiger partial charge is 0.480 e. The third-order valence-corrected chi connectivity index (χ3v) is 7.91. The number of amides is 1. The standard InChI is InChI=1S/C24H33N3O3/c28-23(29)15-26-8-5-16(6-9-26)24(30)27-10-7-17-11-19-12-18-3-1-2-4-21(18)25-22(19)13-20(17)14-27/h12,16-17,20H,1-11,13-15H2,(H,28,29). The van der Waals surface area contributed by atoms with Gasteiger partial charge in [0, 0.05) is 30.4 Å². The number of pyridine rings is 1. The van der Waals surface area contributed by atoms with Gasteiger partial charge in [-0.2, -0.15) is 0 Å². The first-order valence-electron chi connectivity index (χ1n) is 11.8. The van der Waals surface area contributed by atoms with Crippen molar-refractivity contribution in [3.8, 4) is 0 Å². The van der Waals surface area contributed by atoms with Gasteiger partial charge in [0.15, 0.2) is 0 Å². The topological polar surface area (TPSA) is 73.7 Å². The normalized spacial score (nSPS) is 27.1. The number of likely N-dealkylation sites (tertiary alicyclic amines) is 2. The van der Waals surface area contributed by atoms with Crippen LogP contribution in [0.3, 0.4) is 0 Å². The number of carbonyl (C=O) groups excluding carboxylic acids is 1. The molecule has 162 valence electrons. The van der Waals surface area contributed by atoms with Gasteiger partial charge >= 0.3 is 5.97 Å². The van der Waals surface area contributed by atoms with E-state index in [1.807, 2.05) is 4.90 Å². The van der Waals surface area contributed by atoms with Crippen molar-refractivity contribution in [2.45, 2.75) is 57.8 Å². The van der Waals surface area contributed by atoms with Crippen LogP contribution in [0.1, 0.15) is 54.6 Å². The van der Waals surface area contributed by atoms with Crippen LogP contribution in [-0.2, 0) is 35.3 Å². The minimum Gasteiger partial charge on any atom is -0.480 e. The Bertz CT molecular complexity index is 831. The van der Waals surface area contributed by atoms with E-state index in [-0.39, 0.29) is 12.5 Å². The fourth-order valence-corrected chi connectivity index (χ4v) is 6.18. The number of aliphatic carboxylic acids is 1. The summed E-state index contributed by atoms with van der Waals surface area (Å²) in [6.45, 7) is 3.26. The molecule has 5 rings (SSSR count). The molecule has 2 atom stereocenters. The molecule has 2 aliphatic carbocycles. The second-order valence-electron chi connectivity index (χ2n) is 9.85. The van der Waals surface area contributed by atoms with Gasteiger partial charge in [0.1, 0.15) is 0 Å². The van der Waals surface area contributed by atoms with E-state index >= 15 is 0 Å². The van der Waals surface area contributed by atoms with Crippen LogP contribution in [0.5, 0.6) is 0 Å². The Kier molecular flexibility index (Phi) is 5.52. The highest BCUT2D eigenvalue weighted by Crippen LogP contribution is 2.37. The number of carboxylic acid groups (broad SMARTS) is 1. The molecule has 30 heavy (non-hydrogen) atoms. The van der Waals surface area contributed by atoms with Crippen molar-refractivity contribution in [2.75, 3.05) is 32.7 Å². The lowest BCUT2D eigenvalue weighted by Crippen LogP contribution is -2.50. The Hall–Kier alpha value is -1.95. The van der Waals surface area contributed by atoms with Gasteiger partial charge in [0.05, 0.1) is 6.54 Å². The van der Waals surface area contributed by atoms with E-state index in [1.165, 1.54) is 41.8 Å². The summed E-state index contributed by atoms with van der Waals surface area (Å²) in [5.74, 6) is 0.799. The van der Waals surface area contributed by atoms with Crippen LogP contribution in [0.4, 0.5) is 0 Å². The van der Waals surface area contributed by atoms with Crippen LogP contribution >= 0.6 is 0 Å². The highest BCUT2D eigenvalue weighted by atomic mass is 16.4. The molecule has 1 amide bonds. The molecule has 6 nitrogen and oxygen atoms in total. The Morgan fingerprint density at radius 1 is 0.967 bits per heavy atom. The second kappa shape index (κ2) is 8.29. The molecule has 4 aliphatic rings. The molecule has 0 radical (unpaired) electrons. The zero-order chi connectivity index (χ0) is 20.7. The van der Waals surface area contributed by atoms with Gasteiger partial charge < -0.3 is 10.0 Å². The van der Waals surface area contributed by atoms with Crippen molar-refractivity contribution < 1.29 is 14.7 Å². The van der Waals surface area contributed by atoms with E-state index in [2.05, 4.69) is 11.0 Å². The molecule has 2 aliphatic heterocycles. The molecular formula is C24H33N3O3. The van der Waals surface area contributed by atoms with Crippen molar-refractivity contribution >= 4 is 11.9 Å². The quantitative estimate of drug-likeness (QED) is 0.826. The number of aromatic nitrogens is 1. The van der Waals surface area contributed by atoms with Gasteiger partial charge in [0.25, 0.3) is 0 Å². The predicted molar refractivity (Wildman–Crippen MR) is 113 cm³/mol. The maximum absolute atomic E-state index is 13.2. The van der Waals surface area contributed by atoms with Gasteiger partial charge in [-0.3, -0.25) is 19.5 Å². The van der Waals surface area contributed by atoms with Crippen LogP contribution in [0, 0.1) is 17.8 Å². The lowest BCUT2D eigenvalue weighted by molar-refractivity contribution is -0.141. The number of carbonyl (C=O) groups is 2. The third kappa shape index (κ3) is 3.98. The first kappa shape index (κ1) is 20.0. The molecule has 2 unspecified atom stereocenters. The van der Waals surface area contributed by atoms with Gasteiger partial charge in [-0.1, -0.05) is 6.07 Å². The van der Waals surface area contributed by atoms with Crippen LogP contribution < -0.4 is 0 Å². The maximum Gasteiger partial charge on any atom is 0.317 e. The van der Waals surface area contributed by atoms with Gasteiger partial charge in [-0.05, 0) is 93.8 Å². The van der Waals surface area contributed by atoms with Crippen molar-refractivity contribution in [1.29, 1.82) is 0 Å². The lowest BCUT2D eigenvalue weighted by atomic mass is 9.73. The SMILES string of the molecule is O=C(O)CN1CCC(C(=O)N2CCC3Cc4cc5c(nc4CC3C2)CCCC5)CC1. The molecule has 0 saturated carbocycles. The molecule has 0 aromatic carbocycles. The molecular weight excluding hydrogens is 378 g/mol. The smallest absolute Gasteiger partial charge is 0.317 e. The number of rotatable bonds is 3. The van der Waals surface area contributed by atoms with E-state index in [1.54, 1.807) is 0 Å². The zero-order valence-electron chi connectivity index (χ0n) is 17.8. The monoisotopic (exact) mass is 411 g/mol. The molecule has 2 saturated heterocycles. The highest BCUT2D eigenvalue weighted by molar-refractivity contribution is 5.79. The van der Waals surface area contributed by atoms with Crippen molar-refractivity contribution in [2.24, 2.45) is 17.8 Å². The summed E-state index contributed by atoms with van der Waals surface area (Å²) >= 11 is 0. The molecule has 0 spiro atoms. The molecule has 1 aromatic heterocycles. The fourth-order valence-electron chi connectivity index (χ4n) is 6.18. The van der Waals surface area contributed by atoms with Crippen LogP contribution in [0.25, 0.3) is 0 Å².